The van der Waals surface area contributed by atoms with Crippen molar-refractivity contribution < 1.29 is 14.1 Å². The maximum absolute atomic E-state index is 12.3. The van der Waals surface area contributed by atoms with Crippen LogP contribution < -0.4 is 5.32 Å². The number of amides is 2. The number of piperidine rings is 1. The summed E-state index contributed by atoms with van der Waals surface area (Å²) >= 11 is 0. The third kappa shape index (κ3) is 3.63. The second-order valence-corrected chi connectivity index (χ2v) is 7.19. The van der Waals surface area contributed by atoms with Gasteiger partial charge in [0.1, 0.15) is 11.5 Å². The molecule has 26 heavy (non-hydrogen) atoms. The van der Waals surface area contributed by atoms with E-state index in [1.54, 1.807) is 9.58 Å². The number of aryl methyl sites for hydroxylation is 1. The SMILES string of the molecule is Cn1cc(C2CCN(C(=O)C(=O)NCc3cc(C4CC4)on3)CC2)cn1. The van der Waals surface area contributed by atoms with Gasteiger partial charge in [0.15, 0.2) is 0 Å². The molecule has 0 spiro atoms. The highest BCUT2D eigenvalue weighted by Crippen LogP contribution is 2.40. The molecule has 4 rings (SSSR count). The zero-order chi connectivity index (χ0) is 18.1. The topological polar surface area (TPSA) is 93.3 Å². The van der Waals surface area contributed by atoms with Crippen LogP contribution in [0.3, 0.4) is 0 Å². The summed E-state index contributed by atoms with van der Waals surface area (Å²) < 4.78 is 7.04. The number of rotatable bonds is 4. The summed E-state index contributed by atoms with van der Waals surface area (Å²) in [5.41, 5.74) is 1.85. The lowest BCUT2D eigenvalue weighted by molar-refractivity contribution is -0.146. The molecule has 1 saturated heterocycles. The van der Waals surface area contributed by atoms with E-state index in [1.807, 2.05) is 25.5 Å². The fraction of sp³-hybridized carbons (Fsp3) is 0.556. The third-order valence-corrected chi connectivity index (χ3v) is 5.16. The first kappa shape index (κ1) is 16.8. The Morgan fingerprint density at radius 2 is 2.00 bits per heavy atom. The number of carbonyl (C=O) groups is 2. The molecule has 3 heterocycles. The van der Waals surface area contributed by atoms with Gasteiger partial charge in [-0.1, -0.05) is 5.16 Å². The minimum Gasteiger partial charge on any atom is -0.361 e. The number of hydrogen-bond donors (Lipinski definition) is 1. The molecule has 0 unspecified atom stereocenters. The summed E-state index contributed by atoms with van der Waals surface area (Å²) in [5, 5.41) is 10.8. The van der Waals surface area contributed by atoms with Gasteiger partial charge in [-0.3, -0.25) is 14.3 Å². The maximum atomic E-state index is 12.3. The minimum atomic E-state index is -0.583. The molecule has 0 radical (unpaired) electrons. The van der Waals surface area contributed by atoms with Crippen LogP contribution in [0, 0.1) is 0 Å². The summed E-state index contributed by atoms with van der Waals surface area (Å²) in [7, 11) is 1.90. The first-order chi connectivity index (χ1) is 12.6. The Labute approximate surface area is 151 Å². The number of aromatic nitrogens is 3. The molecule has 2 amide bonds. The van der Waals surface area contributed by atoms with E-state index in [1.165, 1.54) is 5.56 Å². The van der Waals surface area contributed by atoms with Crippen LogP contribution in [0.4, 0.5) is 0 Å². The van der Waals surface area contributed by atoms with Gasteiger partial charge in [0.05, 0.1) is 12.7 Å². The average Bonchev–Trinajstić information content (AvgIpc) is 3.24. The van der Waals surface area contributed by atoms with Gasteiger partial charge < -0.3 is 14.7 Å². The molecular weight excluding hydrogens is 334 g/mol. The monoisotopic (exact) mass is 357 g/mol. The second kappa shape index (κ2) is 6.93. The van der Waals surface area contributed by atoms with Crippen LogP contribution in [0.1, 0.15) is 54.5 Å². The van der Waals surface area contributed by atoms with Crippen molar-refractivity contribution in [1.29, 1.82) is 0 Å². The zero-order valence-electron chi connectivity index (χ0n) is 14.9. The molecule has 0 aromatic carbocycles. The Balaban J connectivity index is 1.25. The molecule has 2 aromatic heterocycles. The zero-order valence-corrected chi connectivity index (χ0v) is 14.9. The quantitative estimate of drug-likeness (QED) is 0.833. The molecule has 0 atom stereocenters. The van der Waals surface area contributed by atoms with E-state index in [0.29, 0.717) is 30.6 Å². The van der Waals surface area contributed by atoms with E-state index < -0.39 is 11.8 Å². The normalized spacial score (nSPS) is 18.1. The highest BCUT2D eigenvalue weighted by molar-refractivity contribution is 6.34. The molecule has 0 bridgehead atoms. The lowest BCUT2D eigenvalue weighted by Crippen LogP contribution is -2.46. The third-order valence-electron chi connectivity index (χ3n) is 5.16. The van der Waals surface area contributed by atoms with Gasteiger partial charge in [0.25, 0.3) is 0 Å². The van der Waals surface area contributed by atoms with Gasteiger partial charge in [0.2, 0.25) is 0 Å². The van der Waals surface area contributed by atoms with Crippen molar-refractivity contribution in [3.8, 4) is 0 Å². The first-order valence-electron chi connectivity index (χ1n) is 9.11. The van der Waals surface area contributed by atoms with Gasteiger partial charge >= 0.3 is 11.8 Å². The number of hydrogen-bond acceptors (Lipinski definition) is 5. The van der Waals surface area contributed by atoms with Crippen LogP contribution >= 0.6 is 0 Å². The van der Waals surface area contributed by atoms with Gasteiger partial charge in [-0.15, -0.1) is 0 Å². The number of carbonyl (C=O) groups excluding carboxylic acids is 2. The van der Waals surface area contributed by atoms with Crippen molar-refractivity contribution in [3.05, 3.63) is 35.5 Å². The van der Waals surface area contributed by atoms with Gasteiger partial charge in [-0.05, 0) is 37.2 Å². The summed E-state index contributed by atoms with van der Waals surface area (Å²) in [6.07, 6.45) is 7.85. The van der Waals surface area contributed by atoms with Crippen molar-refractivity contribution in [2.45, 2.75) is 44.1 Å². The Bertz CT molecular complexity index is 799. The number of nitrogens with zero attached hydrogens (tertiary/aromatic N) is 4. The summed E-state index contributed by atoms with van der Waals surface area (Å²) in [4.78, 5) is 26.1. The van der Waals surface area contributed by atoms with Crippen LogP contribution in [-0.4, -0.2) is 44.7 Å². The maximum Gasteiger partial charge on any atom is 0.311 e. The number of likely N-dealkylation sites (tertiary alicyclic amines) is 1. The van der Waals surface area contributed by atoms with Crippen molar-refractivity contribution in [2.24, 2.45) is 7.05 Å². The van der Waals surface area contributed by atoms with Crippen LogP contribution in [0.2, 0.25) is 0 Å². The summed E-state index contributed by atoms with van der Waals surface area (Å²) in [6, 6.07) is 1.86. The highest BCUT2D eigenvalue weighted by atomic mass is 16.5. The number of nitrogens with one attached hydrogen (secondary N) is 1. The van der Waals surface area contributed by atoms with Crippen LogP contribution in [0.25, 0.3) is 0 Å². The Kier molecular flexibility index (Phi) is 4.48. The highest BCUT2D eigenvalue weighted by Gasteiger charge is 2.29. The molecular formula is C18H23N5O3. The Hall–Kier alpha value is -2.64. The molecule has 138 valence electrons. The Morgan fingerprint density at radius 1 is 1.23 bits per heavy atom. The van der Waals surface area contributed by atoms with Gasteiger partial charge in [0, 0.05) is 38.3 Å². The fourth-order valence-electron chi connectivity index (χ4n) is 3.43. The summed E-state index contributed by atoms with van der Waals surface area (Å²) in [5.74, 6) is 0.695. The molecule has 2 aromatic rings. The van der Waals surface area contributed by atoms with E-state index in [0.717, 1.165) is 31.4 Å². The van der Waals surface area contributed by atoms with Crippen LogP contribution in [0.5, 0.6) is 0 Å². The minimum absolute atomic E-state index is 0.215. The Morgan fingerprint density at radius 3 is 2.65 bits per heavy atom. The van der Waals surface area contributed by atoms with Crippen molar-refractivity contribution in [3.63, 3.8) is 0 Å². The molecule has 2 fully saturated rings. The van der Waals surface area contributed by atoms with E-state index in [9.17, 15) is 9.59 Å². The molecule has 8 heteroatoms. The molecule has 1 aliphatic heterocycles. The predicted octanol–water partition coefficient (Wildman–Crippen LogP) is 1.31. The van der Waals surface area contributed by atoms with Gasteiger partial charge in [-0.2, -0.15) is 5.10 Å². The lowest BCUT2D eigenvalue weighted by atomic mass is 9.91. The van der Waals surface area contributed by atoms with Crippen LogP contribution in [-0.2, 0) is 23.2 Å². The second-order valence-electron chi connectivity index (χ2n) is 7.19. The fourth-order valence-corrected chi connectivity index (χ4v) is 3.43. The first-order valence-corrected chi connectivity index (χ1v) is 9.11. The molecule has 2 aliphatic rings. The lowest BCUT2D eigenvalue weighted by Gasteiger charge is -2.31. The molecule has 1 N–H and O–H groups in total. The largest absolute Gasteiger partial charge is 0.361 e. The van der Waals surface area contributed by atoms with E-state index >= 15 is 0 Å². The van der Waals surface area contributed by atoms with Crippen molar-refractivity contribution in [1.82, 2.24) is 25.2 Å². The van der Waals surface area contributed by atoms with Gasteiger partial charge in [-0.25, -0.2) is 0 Å². The smallest absolute Gasteiger partial charge is 0.311 e. The molecule has 1 aliphatic carbocycles. The summed E-state index contributed by atoms with van der Waals surface area (Å²) in [6.45, 7) is 1.39. The van der Waals surface area contributed by atoms with Crippen molar-refractivity contribution in [2.75, 3.05) is 13.1 Å². The molecule has 8 nitrogen and oxygen atoms in total. The molecule has 1 saturated carbocycles. The van der Waals surface area contributed by atoms with E-state index in [-0.39, 0.29) is 6.54 Å². The van der Waals surface area contributed by atoms with Crippen LogP contribution in [0.15, 0.2) is 23.0 Å². The predicted molar refractivity (Wildman–Crippen MR) is 92.1 cm³/mol. The van der Waals surface area contributed by atoms with Crippen molar-refractivity contribution >= 4 is 11.8 Å². The average molecular weight is 357 g/mol. The standard InChI is InChI=1S/C18H23N5O3/c1-22-11-14(9-20-22)12-4-6-23(7-5-12)18(25)17(24)19-10-15-8-16(26-21-15)13-2-3-13/h8-9,11-13H,2-7,10H2,1H3,(H,19,24). The van der Waals surface area contributed by atoms with E-state index in [2.05, 4.69) is 15.6 Å². The van der Waals surface area contributed by atoms with E-state index in [4.69, 9.17) is 4.52 Å².